The Bertz CT molecular complexity index is 737. The summed E-state index contributed by atoms with van der Waals surface area (Å²) in [4.78, 5) is 8.75. The Morgan fingerprint density at radius 1 is 1.07 bits per heavy atom. The first-order valence-electron chi connectivity index (χ1n) is 9.40. The van der Waals surface area contributed by atoms with Crippen molar-refractivity contribution in [2.24, 2.45) is 4.99 Å². The molecule has 0 fully saturated rings. The lowest BCUT2D eigenvalue weighted by Crippen LogP contribution is -2.39. The molecule has 0 unspecified atom stereocenters. The maximum absolute atomic E-state index is 5.69. The summed E-state index contributed by atoms with van der Waals surface area (Å²) in [6.07, 6.45) is 1.76. The number of nitrogens with one attached hydrogen (secondary N) is 2. The van der Waals surface area contributed by atoms with E-state index in [1.807, 2.05) is 26.8 Å². The fraction of sp³-hybridized carbons (Fsp3) is 0.500. The van der Waals surface area contributed by atoms with Crippen LogP contribution < -0.4 is 20.1 Å². The second-order valence-corrected chi connectivity index (χ2v) is 6.99. The largest absolute Gasteiger partial charge is 0.490 e. The number of rotatable bonds is 10. The molecule has 2 N–H and O–H groups in total. The van der Waals surface area contributed by atoms with E-state index >= 15 is 0 Å². The molecule has 0 atom stereocenters. The van der Waals surface area contributed by atoms with Crippen molar-refractivity contribution in [3.63, 3.8) is 0 Å². The number of aromatic nitrogens is 1. The van der Waals surface area contributed by atoms with Crippen LogP contribution in [0.15, 0.2) is 28.6 Å². The number of benzene rings is 1. The van der Waals surface area contributed by atoms with Gasteiger partial charge in [0.15, 0.2) is 17.5 Å². The summed E-state index contributed by atoms with van der Waals surface area (Å²) < 4.78 is 11.3. The third-order valence-corrected chi connectivity index (χ3v) is 4.70. The minimum absolute atomic E-state index is 0. The summed E-state index contributed by atoms with van der Waals surface area (Å²) in [5.41, 5.74) is 2.32. The van der Waals surface area contributed by atoms with E-state index in [9.17, 15) is 0 Å². The van der Waals surface area contributed by atoms with Gasteiger partial charge in [-0.25, -0.2) is 4.98 Å². The lowest BCUT2D eigenvalue weighted by Gasteiger charge is -2.14. The first kappa shape index (κ1) is 24.5. The van der Waals surface area contributed by atoms with Crippen LogP contribution in [0.4, 0.5) is 0 Å². The average Bonchev–Trinajstić information content (AvgIpc) is 3.08. The average molecular weight is 518 g/mol. The van der Waals surface area contributed by atoms with Gasteiger partial charge < -0.3 is 20.1 Å². The Hall–Kier alpha value is -1.55. The lowest BCUT2D eigenvalue weighted by molar-refractivity contribution is 0.287. The van der Waals surface area contributed by atoms with E-state index in [1.54, 1.807) is 18.4 Å². The van der Waals surface area contributed by atoms with E-state index < -0.39 is 0 Å². The molecule has 0 spiro atoms. The number of aryl methyl sites for hydroxylation is 1. The van der Waals surface area contributed by atoms with Gasteiger partial charge in [0.05, 0.1) is 23.9 Å². The van der Waals surface area contributed by atoms with Gasteiger partial charge in [-0.1, -0.05) is 6.07 Å². The molecule has 0 saturated heterocycles. The van der Waals surface area contributed by atoms with Crippen molar-refractivity contribution < 1.29 is 9.47 Å². The van der Waals surface area contributed by atoms with Crippen LogP contribution in [-0.2, 0) is 12.8 Å². The minimum Gasteiger partial charge on any atom is -0.490 e. The maximum Gasteiger partial charge on any atom is 0.190 e. The van der Waals surface area contributed by atoms with Crippen molar-refractivity contribution in [1.82, 2.24) is 15.6 Å². The highest BCUT2D eigenvalue weighted by atomic mass is 127. The molecule has 2 aromatic rings. The van der Waals surface area contributed by atoms with Crippen molar-refractivity contribution in [1.29, 1.82) is 0 Å². The van der Waals surface area contributed by atoms with Gasteiger partial charge in [-0.2, -0.15) is 0 Å². The van der Waals surface area contributed by atoms with Crippen molar-refractivity contribution in [2.45, 2.75) is 33.6 Å². The van der Waals surface area contributed by atoms with E-state index in [-0.39, 0.29) is 24.0 Å². The summed E-state index contributed by atoms with van der Waals surface area (Å²) in [6.45, 7) is 8.82. The number of halogens is 1. The molecular weight excluding hydrogens is 487 g/mol. The summed E-state index contributed by atoms with van der Waals surface area (Å²) in [5, 5.41) is 9.89. The Balaban J connectivity index is 0.00000392. The first-order chi connectivity index (χ1) is 13.2. The number of hydrogen-bond donors (Lipinski definition) is 2. The van der Waals surface area contributed by atoms with Crippen molar-refractivity contribution in [3.8, 4) is 11.5 Å². The first-order valence-corrected chi connectivity index (χ1v) is 10.3. The highest BCUT2D eigenvalue weighted by Crippen LogP contribution is 2.28. The maximum atomic E-state index is 5.69. The molecule has 1 aromatic carbocycles. The Morgan fingerprint density at radius 2 is 1.75 bits per heavy atom. The topological polar surface area (TPSA) is 67.8 Å². The normalized spacial score (nSPS) is 10.9. The van der Waals surface area contributed by atoms with E-state index in [0.717, 1.165) is 54.1 Å². The molecule has 0 aliphatic rings. The van der Waals surface area contributed by atoms with Gasteiger partial charge in [0.25, 0.3) is 0 Å². The van der Waals surface area contributed by atoms with E-state index in [0.29, 0.717) is 13.2 Å². The second kappa shape index (κ2) is 13.6. The van der Waals surface area contributed by atoms with Gasteiger partial charge in [-0.15, -0.1) is 35.3 Å². The second-order valence-electron chi connectivity index (χ2n) is 5.93. The molecule has 0 aliphatic carbocycles. The van der Waals surface area contributed by atoms with Crippen LogP contribution >= 0.6 is 35.3 Å². The Labute approximate surface area is 189 Å². The number of nitrogens with zero attached hydrogens (tertiary/aromatic N) is 2. The molecule has 0 radical (unpaired) electrons. The van der Waals surface area contributed by atoms with Crippen LogP contribution in [0.5, 0.6) is 11.5 Å². The zero-order chi connectivity index (χ0) is 19.5. The molecule has 1 aromatic heterocycles. The molecule has 0 aliphatic heterocycles. The third-order valence-electron chi connectivity index (χ3n) is 3.88. The van der Waals surface area contributed by atoms with Crippen LogP contribution in [0.2, 0.25) is 0 Å². The number of guanidine groups is 1. The summed E-state index contributed by atoms with van der Waals surface area (Å²) in [7, 11) is 1.78. The molecule has 8 heteroatoms. The van der Waals surface area contributed by atoms with E-state index in [4.69, 9.17) is 9.47 Å². The van der Waals surface area contributed by atoms with E-state index in [2.05, 4.69) is 38.1 Å². The number of thiazole rings is 1. The SMILES string of the molecule is CCOc1ccc(CCNC(=NC)NCCc2csc(C)n2)cc1OCC.I. The van der Waals surface area contributed by atoms with Crippen LogP contribution in [0, 0.1) is 6.92 Å². The van der Waals surface area contributed by atoms with Gasteiger partial charge in [0.2, 0.25) is 0 Å². The van der Waals surface area contributed by atoms with Crippen LogP contribution in [0.3, 0.4) is 0 Å². The fourth-order valence-electron chi connectivity index (χ4n) is 2.63. The smallest absolute Gasteiger partial charge is 0.190 e. The van der Waals surface area contributed by atoms with Gasteiger partial charge in [-0.05, 0) is 44.9 Å². The molecule has 6 nitrogen and oxygen atoms in total. The molecule has 28 heavy (non-hydrogen) atoms. The summed E-state index contributed by atoms with van der Waals surface area (Å²) in [6, 6.07) is 6.11. The van der Waals surface area contributed by atoms with Gasteiger partial charge >= 0.3 is 0 Å². The predicted molar refractivity (Wildman–Crippen MR) is 128 cm³/mol. The molecule has 0 bridgehead atoms. The zero-order valence-corrected chi connectivity index (χ0v) is 20.2. The Kier molecular flexibility index (Phi) is 11.9. The highest BCUT2D eigenvalue weighted by Gasteiger charge is 2.06. The van der Waals surface area contributed by atoms with Gasteiger partial charge in [0.1, 0.15) is 0 Å². The standard InChI is InChI=1S/C20H30N4O2S.HI/c1-5-25-18-8-7-16(13-19(18)26-6-2)9-11-22-20(21-4)23-12-10-17-14-27-15(3)24-17;/h7-8,13-14H,5-6,9-12H2,1-4H3,(H2,21,22,23);1H. The lowest BCUT2D eigenvalue weighted by atomic mass is 10.1. The van der Waals surface area contributed by atoms with Gasteiger partial charge in [-0.3, -0.25) is 4.99 Å². The van der Waals surface area contributed by atoms with Crippen molar-refractivity contribution in [3.05, 3.63) is 39.8 Å². The van der Waals surface area contributed by atoms with Gasteiger partial charge in [0, 0.05) is 31.9 Å². The minimum atomic E-state index is 0. The van der Waals surface area contributed by atoms with Crippen LogP contribution in [-0.4, -0.2) is 44.3 Å². The molecule has 156 valence electrons. The highest BCUT2D eigenvalue weighted by molar-refractivity contribution is 14.0. The fourth-order valence-corrected chi connectivity index (χ4v) is 3.28. The predicted octanol–water partition coefficient (Wildman–Crippen LogP) is 3.82. The zero-order valence-electron chi connectivity index (χ0n) is 17.1. The summed E-state index contributed by atoms with van der Waals surface area (Å²) >= 11 is 1.69. The third kappa shape index (κ3) is 8.22. The number of ether oxygens (including phenoxy) is 2. The summed E-state index contributed by atoms with van der Waals surface area (Å²) in [5.74, 6) is 2.40. The number of aliphatic imine (C=N–C) groups is 1. The quantitative estimate of drug-likeness (QED) is 0.285. The molecule has 2 rings (SSSR count). The number of hydrogen-bond acceptors (Lipinski definition) is 5. The van der Waals surface area contributed by atoms with E-state index in [1.165, 1.54) is 5.56 Å². The molecule has 0 saturated carbocycles. The molecular formula is C20H31IN4O2S. The molecule has 1 heterocycles. The Morgan fingerprint density at radius 3 is 2.36 bits per heavy atom. The monoisotopic (exact) mass is 518 g/mol. The molecule has 0 amide bonds. The van der Waals surface area contributed by atoms with Crippen LogP contribution in [0.25, 0.3) is 0 Å². The van der Waals surface area contributed by atoms with Crippen molar-refractivity contribution >= 4 is 41.3 Å². The van der Waals surface area contributed by atoms with Crippen LogP contribution in [0.1, 0.15) is 30.1 Å². The van der Waals surface area contributed by atoms with Crippen molar-refractivity contribution in [2.75, 3.05) is 33.4 Å².